The Balaban J connectivity index is 2.12. The van der Waals surface area contributed by atoms with Gasteiger partial charge in [0.1, 0.15) is 0 Å². The van der Waals surface area contributed by atoms with Gasteiger partial charge in [-0.05, 0) is 43.0 Å². The van der Waals surface area contributed by atoms with Gasteiger partial charge in [-0.25, -0.2) is 4.79 Å². The number of hydrogen-bond acceptors (Lipinski definition) is 3. The lowest BCUT2D eigenvalue weighted by Crippen LogP contribution is -2.30. The zero-order valence-corrected chi connectivity index (χ0v) is 15.6. The molecule has 0 fully saturated rings. The fourth-order valence-electron chi connectivity index (χ4n) is 2.47. The van der Waals surface area contributed by atoms with Crippen LogP contribution in [-0.4, -0.2) is 18.0 Å². The summed E-state index contributed by atoms with van der Waals surface area (Å²) in [6, 6.07) is 12.5. The number of anilines is 1. The molecule has 5 heteroatoms. The summed E-state index contributed by atoms with van der Waals surface area (Å²) in [6.07, 6.45) is -0.941. The molecule has 0 aliphatic carbocycles. The van der Waals surface area contributed by atoms with Crippen LogP contribution in [0.15, 0.2) is 42.5 Å². The third kappa shape index (κ3) is 4.60. The summed E-state index contributed by atoms with van der Waals surface area (Å²) < 4.78 is 5.26. The standard InChI is InChI=1S/C20H22ClNO3/c1-12(2)15-10-7-8-13(3)18(15)22-19(23)14(4)25-20(24)16-9-5-6-11-17(16)21/h5-12,14H,1-4H3,(H,22,23)/t14-/m1/s1. The maximum Gasteiger partial charge on any atom is 0.340 e. The molecule has 4 nitrogen and oxygen atoms in total. The van der Waals surface area contributed by atoms with Gasteiger partial charge >= 0.3 is 5.97 Å². The van der Waals surface area contributed by atoms with Gasteiger partial charge in [0.25, 0.3) is 5.91 Å². The zero-order valence-electron chi connectivity index (χ0n) is 14.8. The topological polar surface area (TPSA) is 55.4 Å². The predicted molar refractivity (Wildman–Crippen MR) is 100 cm³/mol. The Morgan fingerprint density at radius 2 is 1.72 bits per heavy atom. The van der Waals surface area contributed by atoms with Crippen LogP contribution in [0.25, 0.3) is 0 Å². The van der Waals surface area contributed by atoms with Crippen molar-refractivity contribution in [1.29, 1.82) is 0 Å². The third-order valence-electron chi connectivity index (χ3n) is 3.92. The van der Waals surface area contributed by atoms with E-state index in [0.717, 1.165) is 16.8 Å². The average Bonchev–Trinajstić information content (AvgIpc) is 2.56. The van der Waals surface area contributed by atoms with Crippen molar-refractivity contribution in [2.24, 2.45) is 0 Å². The third-order valence-corrected chi connectivity index (χ3v) is 4.25. The molecule has 0 aliphatic heterocycles. The first-order valence-electron chi connectivity index (χ1n) is 8.17. The average molecular weight is 360 g/mol. The fraction of sp³-hybridized carbons (Fsp3) is 0.300. The molecule has 0 bridgehead atoms. The number of carbonyl (C=O) groups is 2. The molecule has 1 amide bonds. The summed E-state index contributed by atoms with van der Waals surface area (Å²) in [5, 5.41) is 3.17. The molecule has 2 rings (SSSR count). The first kappa shape index (κ1) is 19.0. The highest BCUT2D eigenvalue weighted by molar-refractivity contribution is 6.33. The van der Waals surface area contributed by atoms with E-state index in [9.17, 15) is 9.59 Å². The Hall–Kier alpha value is -2.33. The van der Waals surface area contributed by atoms with E-state index in [1.54, 1.807) is 24.3 Å². The van der Waals surface area contributed by atoms with Crippen molar-refractivity contribution >= 4 is 29.2 Å². The highest BCUT2D eigenvalue weighted by Gasteiger charge is 2.22. The molecule has 0 aromatic heterocycles. The van der Waals surface area contributed by atoms with Gasteiger partial charge in [-0.2, -0.15) is 0 Å². The van der Waals surface area contributed by atoms with Gasteiger partial charge in [0.05, 0.1) is 10.6 Å². The highest BCUT2D eigenvalue weighted by Crippen LogP contribution is 2.27. The maximum absolute atomic E-state index is 12.5. The Kier molecular flexibility index (Phi) is 6.21. The fourth-order valence-corrected chi connectivity index (χ4v) is 2.68. The lowest BCUT2D eigenvalue weighted by Gasteiger charge is -2.19. The molecular formula is C20H22ClNO3. The first-order valence-corrected chi connectivity index (χ1v) is 8.55. The second-order valence-corrected chi connectivity index (χ2v) is 6.62. The number of carbonyl (C=O) groups excluding carboxylic acids is 2. The number of ether oxygens (including phenoxy) is 1. The quantitative estimate of drug-likeness (QED) is 0.768. The normalized spacial score (nSPS) is 11.9. The van der Waals surface area contributed by atoms with Crippen molar-refractivity contribution < 1.29 is 14.3 Å². The van der Waals surface area contributed by atoms with Crippen LogP contribution in [0.1, 0.15) is 48.2 Å². The summed E-state index contributed by atoms with van der Waals surface area (Å²) in [4.78, 5) is 24.7. The van der Waals surface area contributed by atoms with Gasteiger partial charge < -0.3 is 10.1 Å². The van der Waals surface area contributed by atoms with Gasteiger partial charge in [0, 0.05) is 5.69 Å². The summed E-state index contributed by atoms with van der Waals surface area (Å²) in [6.45, 7) is 7.59. The van der Waals surface area contributed by atoms with Gasteiger partial charge in [-0.15, -0.1) is 0 Å². The second kappa shape index (κ2) is 8.17. The van der Waals surface area contributed by atoms with Crippen molar-refractivity contribution in [2.45, 2.75) is 39.7 Å². The second-order valence-electron chi connectivity index (χ2n) is 6.21. The van der Waals surface area contributed by atoms with Crippen LogP contribution in [0.4, 0.5) is 5.69 Å². The number of para-hydroxylation sites is 1. The molecule has 0 saturated carbocycles. The first-order chi connectivity index (χ1) is 11.8. The number of esters is 1. The molecule has 2 aromatic rings. The molecule has 1 N–H and O–H groups in total. The molecule has 1 atom stereocenters. The van der Waals surface area contributed by atoms with Crippen molar-refractivity contribution in [3.05, 3.63) is 64.2 Å². The van der Waals surface area contributed by atoms with Gasteiger partial charge in [-0.1, -0.05) is 55.8 Å². The number of rotatable bonds is 5. The van der Waals surface area contributed by atoms with E-state index >= 15 is 0 Å². The smallest absolute Gasteiger partial charge is 0.340 e. The van der Waals surface area contributed by atoms with Crippen LogP contribution < -0.4 is 5.32 Å². The molecule has 0 unspecified atom stereocenters. The molecule has 132 valence electrons. The number of hydrogen-bond donors (Lipinski definition) is 1. The largest absolute Gasteiger partial charge is 0.449 e. The minimum absolute atomic E-state index is 0.238. The number of aryl methyl sites for hydroxylation is 1. The molecule has 0 heterocycles. The van der Waals surface area contributed by atoms with E-state index in [1.807, 2.05) is 25.1 Å². The monoisotopic (exact) mass is 359 g/mol. The summed E-state index contributed by atoms with van der Waals surface area (Å²) in [7, 11) is 0. The lowest BCUT2D eigenvalue weighted by molar-refractivity contribution is -0.123. The molecule has 0 spiro atoms. The SMILES string of the molecule is Cc1cccc(C(C)C)c1NC(=O)[C@@H](C)OC(=O)c1ccccc1Cl. The van der Waals surface area contributed by atoms with Crippen molar-refractivity contribution in [3.63, 3.8) is 0 Å². The molecule has 0 radical (unpaired) electrons. The Morgan fingerprint density at radius 1 is 1.04 bits per heavy atom. The van der Waals surface area contributed by atoms with Crippen molar-refractivity contribution in [3.8, 4) is 0 Å². The van der Waals surface area contributed by atoms with Crippen LogP contribution in [0.5, 0.6) is 0 Å². The van der Waals surface area contributed by atoms with Crippen LogP contribution in [-0.2, 0) is 9.53 Å². The van der Waals surface area contributed by atoms with Crippen molar-refractivity contribution in [2.75, 3.05) is 5.32 Å². The van der Waals surface area contributed by atoms with E-state index in [4.69, 9.17) is 16.3 Å². The van der Waals surface area contributed by atoms with Crippen LogP contribution in [0.3, 0.4) is 0 Å². The minimum Gasteiger partial charge on any atom is -0.449 e. The molecule has 2 aromatic carbocycles. The number of nitrogens with one attached hydrogen (secondary N) is 1. The van der Waals surface area contributed by atoms with E-state index in [0.29, 0.717) is 5.02 Å². The lowest BCUT2D eigenvalue weighted by atomic mass is 9.98. The van der Waals surface area contributed by atoms with E-state index < -0.39 is 12.1 Å². The Morgan fingerprint density at radius 3 is 2.36 bits per heavy atom. The van der Waals surface area contributed by atoms with Gasteiger partial charge in [0.2, 0.25) is 0 Å². The van der Waals surface area contributed by atoms with Crippen LogP contribution in [0.2, 0.25) is 5.02 Å². The van der Waals surface area contributed by atoms with Crippen LogP contribution >= 0.6 is 11.6 Å². The number of benzene rings is 2. The minimum atomic E-state index is -0.941. The van der Waals surface area contributed by atoms with E-state index in [1.165, 1.54) is 6.92 Å². The summed E-state index contributed by atoms with van der Waals surface area (Å²) >= 11 is 5.99. The molecule has 25 heavy (non-hydrogen) atoms. The van der Waals surface area contributed by atoms with E-state index in [-0.39, 0.29) is 17.4 Å². The molecule has 0 saturated heterocycles. The molecule has 0 aliphatic rings. The zero-order chi connectivity index (χ0) is 18.6. The predicted octanol–water partition coefficient (Wildman–Crippen LogP) is 4.96. The summed E-state index contributed by atoms with van der Waals surface area (Å²) in [5.74, 6) is -0.741. The van der Waals surface area contributed by atoms with E-state index in [2.05, 4.69) is 19.2 Å². The van der Waals surface area contributed by atoms with Gasteiger partial charge in [-0.3, -0.25) is 4.79 Å². The number of halogens is 1. The number of amides is 1. The Bertz CT molecular complexity index is 786. The Labute approximate surface area is 153 Å². The molecular weight excluding hydrogens is 338 g/mol. The van der Waals surface area contributed by atoms with Crippen molar-refractivity contribution in [1.82, 2.24) is 0 Å². The highest BCUT2D eigenvalue weighted by atomic mass is 35.5. The maximum atomic E-state index is 12.5. The summed E-state index contributed by atoms with van der Waals surface area (Å²) in [5.41, 5.74) is 3.01. The van der Waals surface area contributed by atoms with Gasteiger partial charge in [0.15, 0.2) is 6.10 Å². The van der Waals surface area contributed by atoms with Crippen LogP contribution in [0, 0.1) is 6.92 Å².